The van der Waals surface area contributed by atoms with Crippen LogP contribution in [0.4, 0.5) is 10.2 Å². The van der Waals surface area contributed by atoms with Gasteiger partial charge in [-0.05, 0) is 30.7 Å². The summed E-state index contributed by atoms with van der Waals surface area (Å²) in [7, 11) is -3.23. The van der Waals surface area contributed by atoms with Crippen LogP contribution in [0.1, 0.15) is 16.6 Å². The average molecular weight is 543 g/mol. The number of halogens is 1. The fourth-order valence-corrected chi connectivity index (χ4v) is 6.70. The molecule has 5 heterocycles. The van der Waals surface area contributed by atoms with Crippen LogP contribution in [0.15, 0.2) is 43.1 Å². The molecule has 4 aromatic rings. The molecule has 0 bridgehead atoms. The summed E-state index contributed by atoms with van der Waals surface area (Å²) < 4.78 is 41.7. The lowest BCUT2D eigenvalue weighted by molar-refractivity contribution is -0.123. The van der Waals surface area contributed by atoms with Crippen molar-refractivity contribution in [3.8, 4) is 11.4 Å². The van der Waals surface area contributed by atoms with E-state index in [9.17, 15) is 27.8 Å². The van der Waals surface area contributed by atoms with Gasteiger partial charge in [0, 0.05) is 25.0 Å². The highest BCUT2D eigenvalue weighted by molar-refractivity contribution is 7.93. The number of carbonyl (C=O) groups excluding carboxylic acids is 1. The minimum atomic E-state index is -4.46. The largest absolute Gasteiger partial charge is 0.388 e. The topological polar surface area (TPSA) is 185 Å². The first-order valence-corrected chi connectivity index (χ1v) is 13.0. The highest BCUT2D eigenvalue weighted by Crippen LogP contribution is 2.38. The van der Waals surface area contributed by atoms with Crippen LogP contribution in [0, 0.1) is 12.7 Å². The fourth-order valence-electron chi connectivity index (χ4n) is 4.42. The molecular weight excluding hydrogens is 519 g/mol. The standard InChI is InChI=1S/C23H23FN8O5S/c1-11-3-4-27-14(5-11)9-28-20-15-21(31-19(30-20)12-6-13(24)8-26-7-12)32(10-29-15)23-17(34)16(33)18(22(35)25-2)38(23,36)37/h3-8,10,16-18,23,33-34H,9H2,1-2H3,(H,25,35)(H,28,30,31)/t16-,17+,18-,23+/m0/s1. The Morgan fingerprint density at radius 1 is 1.16 bits per heavy atom. The van der Waals surface area contributed by atoms with E-state index in [0.29, 0.717) is 5.69 Å². The van der Waals surface area contributed by atoms with Crippen LogP contribution < -0.4 is 10.6 Å². The zero-order chi connectivity index (χ0) is 27.2. The molecule has 15 heteroatoms. The number of aryl methyl sites for hydroxylation is 1. The first-order valence-electron chi connectivity index (χ1n) is 11.4. The quantitative estimate of drug-likeness (QED) is 0.259. The molecule has 38 heavy (non-hydrogen) atoms. The lowest BCUT2D eigenvalue weighted by atomic mass is 10.1. The number of hydrogen-bond donors (Lipinski definition) is 4. The van der Waals surface area contributed by atoms with E-state index in [1.54, 1.807) is 6.20 Å². The summed E-state index contributed by atoms with van der Waals surface area (Å²) in [4.78, 5) is 33.5. The van der Waals surface area contributed by atoms with Crippen LogP contribution in [-0.2, 0) is 21.2 Å². The molecule has 4 N–H and O–H groups in total. The summed E-state index contributed by atoms with van der Waals surface area (Å²) in [6, 6.07) is 4.87. The molecule has 4 aromatic heterocycles. The summed E-state index contributed by atoms with van der Waals surface area (Å²) in [5.41, 5.74) is 2.00. The third-order valence-electron chi connectivity index (χ3n) is 6.22. The van der Waals surface area contributed by atoms with Crippen molar-refractivity contribution in [3.05, 3.63) is 60.2 Å². The van der Waals surface area contributed by atoms with Crippen molar-refractivity contribution in [2.24, 2.45) is 0 Å². The first-order chi connectivity index (χ1) is 18.1. The Bertz CT molecular complexity index is 1650. The number of fused-ring (bicyclic) bond motifs is 1. The van der Waals surface area contributed by atoms with Crippen LogP contribution in [-0.4, -0.2) is 78.5 Å². The molecule has 0 spiro atoms. The maximum atomic E-state index is 14.0. The molecule has 1 aliphatic rings. The number of aromatic nitrogens is 6. The molecule has 198 valence electrons. The number of hydrogen-bond acceptors (Lipinski definition) is 11. The second kappa shape index (κ2) is 9.66. The zero-order valence-corrected chi connectivity index (χ0v) is 21.0. The molecule has 1 aliphatic heterocycles. The number of anilines is 1. The van der Waals surface area contributed by atoms with Gasteiger partial charge >= 0.3 is 0 Å². The average Bonchev–Trinajstić information content (AvgIpc) is 3.37. The molecule has 0 aliphatic carbocycles. The smallest absolute Gasteiger partial charge is 0.240 e. The van der Waals surface area contributed by atoms with Crippen molar-refractivity contribution < 1.29 is 27.8 Å². The van der Waals surface area contributed by atoms with Gasteiger partial charge in [0.25, 0.3) is 0 Å². The summed E-state index contributed by atoms with van der Waals surface area (Å²) in [5.74, 6) is -1.41. The predicted octanol–water partition coefficient (Wildman–Crippen LogP) is 0.106. The van der Waals surface area contributed by atoms with E-state index in [1.807, 2.05) is 19.1 Å². The third-order valence-corrected chi connectivity index (χ3v) is 8.60. The van der Waals surface area contributed by atoms with E-state index in [1.165, 1.54) is 13.2 Å². The number of aliphatic hydroxyl groups excluding tert-OH is 2. The Hall–Kier alpha value is -4.08. The van der Waals surface area contributed by atoms with Crippen molar-refractivity contribution in [1.82, 2.24) is 34.8 Å². The number of pyridine rings is 2. The number of rotatable bonds is 6. The maximum absolute atomic E-state index is 14.0. The lowest BCUT2D eigenvalue weighted by Crippen LogP contribution is -2.43. The predicted molar refractivity (Wildman–Crippen MR) is 133 cm³/mol. The molecule has 1 fully saturated rings. The SMILES string of the molecule is CNC(=O)[C@@H]1[C@@H](O)[C@@H](O)[C@H](n2cnc3c(NCc4cc(C)ccn4)nc(-c4cncc(F)c4)nc32)S1(=O)=O. The van der Waals surface area contributed by atoms with Gasteiger partial charge in [-0.1, -0.05) is 0 Å². The summed E-state index contributed by atoms with van der Waals surface area (Å²) in [6.45, 7) is 2.14. The van der Waals surface area contributed by atoms with E-state index in [-0.39, 0.29) is 34.9 Å². The molecular formula is C23H23FN8O5S. The number of imidazole rings is 1. The van der Waals surface area contributed by atoms with Crippen LogP contribution in [0.3, 0.4) is 0 Å². The van der Waals surface area contributed by atoms with Gasteiger partial charge in [-0.2, -0.15) is 0 Å². The second-order valence-electron chi connectivity index (χ2n) is 8.79. The van der Waals surface area contributed by atoms with E-state index < -0.39 is 44.4 Å². The van der Waals surface area contributed by atoms with Gasteiger partial charge in [-0.15, -0.1) is 0 Å². The van der Waals surface area contributed by atoms with Crippen molar-refractivity contribution in [1.29, 1.82) is 0 Å². The second-order valence-corrected chi connectivity index (χ2v) is 11.0. The van der Waals surface area contributed by atoms with Crippen molar-refractivity contribution >= 4 is 32.7 Å². The van der Waals surface area contributed by atoms with Crippen LogP contribution >= 0.6 is 0 Å². The molecule has 0 saturated carbocycles. The van der Waals surface area contributed by atoms with Gasteiger partial charge in [-0.3, -0.25) is 19.3 Å². The number of amides is 1. The normalized spacial score (nSPS) is 22.4. The molecule has 0 aromatic carbocycles. The molecule has 13 nitrogen and oxygen atoms in total. The Morgan fingerprint density at radius 2 is 1.95 bits per heavy atom. The van der Waals surface area contributed by atoms with Crippen LogP contribution in [0.5, 0.6) is 0 Å². The van der Waals surface area contributed by atoms with Crippen molar-refractivity contribution in [2.45, 2.75) is 36.3 Å². The Labute approximate surface area is 215 Å². The van der Waals surface area contributed by atoms with E-state index >= 15 is 0 Å². The molecule has 5 rings (SSSR count). The number of carbonyl (C=O) groups is 1. The van der Waals surface area contributed by atoms with Gasteiger partial charge in [0.1, 0.15) is 18.0 Å². The number of aliphatic hydroxyl groups is 2. The number of nitrogens with one attached hydrogen (secondary N) is 2. The van der Waals surface area contributed by atoms with E-state index in [0.717, 1.165) is 28.7 Å². The Kier molecular flexibility index (Phi) is 6.50. The first kappa shape index (κ1) is 25.6. The summed E-state index contributed by atoms with van der Waals surface area (Å²) in [6.07, 6.45) is 1.39. The monoisotopic (exact) mass is 542 g/mol. The van der Waals surface area contributed by atoms with Gasteiger partial charge in [0.15, 0.2) is 43.3 Å². The molecule has 4 atom stereocenters. The third kappa shape index (κ3) is 4.33. The van der Waals surface area contributed by atoms with Gasteiger partial charge in [-0.25, -0.2) is 27.8 Å². The molecule has 0 radical (unpaired) electrons. The van der Waals surface area contributed by atoms with Gasteiger partial charge in [0.05, 0.1) is 24.8 Å². The van der Waals surface area contributed by atoms with E-state index in [2.05, 4.69) is 35.6 Å². The zero-order valence-electron chi connectivity index (χ0n) is 20.1. The van der Waals surface area contributed by atoms with Crippen LogP contribution in [0.25, 0.3) is 22.6 Å². The van der Waals surface area contributed by atoms with Crippen molar-refractivity contribution in [3.63, 3.8) is 0 Å². The Morgan fingerprint density at radius 3 is 2.66 bits per heavy atom. The highest BCUT2D eigenvalue weighted by atomic mass is 32.2. The maximum Gasteiger partial charge on any atom is 0.240 e. The number of nitrogens with zero attached hydrogens (tertiary/aromatic N) is 6. The molecule has 0 unspecified atom stereocenters. The molecule has 1 saturated heterocycles. The van der Waals surface area contributed by atoms with Gasteiger partial charge in [0.2, 0.25) is 5.91 Å². The van der Waals surface area contributed by atoms with E-state index in [4.69, 9.17) is 0 Å². The summed E-state index contributed by atoms with van der Waals surface area (Å²) in [5, 5.41) is 22.8. The van der Waals surface area contributed by atoms with Crippen molar-refractivity contribution in [2.75, 3.05) is 12.4 Å². The fraction of sp³-hybridized carbons (Fsp3) is 0.304. The summed E-state index contributed by atoms with van der Waals surface area (Å²) >= 11 is 0. The minimum Gasteiger partial charge on any atom is -0.388 e. The Balaban J connectivity index is 1.65. The molecule has 1 amide bonds. The minimum absolute atomic E-state index is 0.000708. The number of sulfone groups is 1. The van der Waals surface area contributed by atoms with Gasteiger partial charge < -0.3 is 20.8 Å². The van der Waals surface area contributed by atoms with Crippen LogP contribution in [0.2, 0.25) is 0 Å². The highest BCUT2D eigenvalue weighted by Gasteiger charge is 2.58. The lowest BCUT2D eigenvalue weighted by Gasteiger charge is -2.17.